The van der Waals surface area contributed by atoms with Crippen molar-refractivity contribution in [2.45, 2.75) is 77.0 Å². The van der Waals surface area contributed by atoms with E-state index in [0.29, 0.717) is 6.04 Å². The number of alkyl carbamates (subject to hydrolysis) is 1. The van der Waals surface area contributed by atoms with Crippen molar-refractivity contribution in [1.29, 1.82) is 0 Å². The number of carbonyl (C=O) groups is 1. The first-order chi connectivity index (χ1) is 9.90. The van der Waals surface area contributed by atoms with Crippen LogP contribution in [-0.2, 0) is 4.74 Å². The highest BCUT2D eigenvalue weighted by atomic mass is 32.2. The SMILES string of the molecule is CSCCCCNC1CCCC(NC(=O)OC(C)(C)C)C1. The molecule has 0 aromatic rings. The van der Waals surface area contributed by atoms with Crippen LogP contribution in [0.5, 0.6) is 0 Å². The van der Waals surface area contributed by atoms with Crippen LogP contribution in [0.1, 0.15) is 59.3 Å². The van der Waals surface area contributed by atoms with E-state index in [4.69, 9.17) is 4.74 Å². The van der Waals surface area contributed by atoms with Gasteiger partial charge >= 0.3 is 6.09 Å². The topological polar surface area (TPSA) is 50.4 Å². The molecule has 0 bridgehead atoms. The highest BCUT2D eigenvalue weighted by molar-refractivity contribution is 7.98. The molecule has 1 saturated carbocycles. The smallest absolute Gasteiger partial charge is 0.407 e. The summed E-state index contributed by atoms with van der Waals surface area (Å²) in [7, 11) is 0. The van der Waals surface area contributed by atoms with Crippen molar-refractivity contribution < 1.29 is 9.53 Å². The second-order valence-corrected chi connectivity index (χ2v) is 7.85. The highest BCUT2D eigenvalue weighted by Crippen LogP contribution is 2.19. The monoisotopic (exact) mass is 316 g/mol. The van der Waals surface area contributed by atoms with Crippen LogP contribution >= 0.6 is 11.8 Å². The predicted octanol–water partition coefficient (Wildman–Crippen LogP) is 3.56. The molecule has 21 heavy (non-hydrogen) atoms. The Hall–Kier alpha value is -0.420. The molecule has 1 rings (SSSR count). The Morgan fingerprint density at radius 2 is 1.95 bits per heavy atom. The van der Waals surface area contributed by atoms with E-state index in [1.165, 1.54) is 31.4 Å². The van der Waals surface area contributed by atoms with Crippen LogP contribution in [0.4, 0.5) is 4.79 Å². The maximum absolute atomic E-state index is 11.8. The number of unbranched alkanes of at least 4 members (excludes halogenated alkanes) is 1. The molecule has 0 saturated heterocycles. The van der Waals surface area contributed by atoms with Gasteiger partial charge in [0.2, 0.25) is 0 Å². The summed E-state index contributed by atoms with van der Waals surface area (Å²) >= 11 is 1.91. The summed E-state index contributed by atoms with van der Waals surface area (Å²) in [6.07, 6.45) is 8.85. The quantitative estimate of drug-likeness (QED) is 0.705. The number of amides is 1. The van der Waals surface area contributed by atoms with Gasteiger partial charge in [0.25, 0.3) is 0 Å². The molecule has 1 fully saturated rings. The van der Waals surface area contributed by atoms with Crippen LogP contribution in [0.25, 0.3) is 0 Å². The lowest BCUT2D eigenvalue weighted by Crippen LogP contribution is -2.45. The number of nitrogens with one attached hydrogen (secondary N) is 2. The average molecular weight is 317 g/mol. The average Bonchev–Trinajstić information content (AvgIpc) is 2.36. The van der Waals surface area contributed by atoms with Crippen LogP contribution in [0, 0.1) is 0 Å². The molecule has 2 N–H and O–H groups in total. The van der Waals surface area contributed by atoms with Gasteiger partial charge in [-0.25, -0.2) is 4.79 Å². The fourth-order valence-electron chi connectivity index (χ4n) is 2.66. The molecule has 0 spiro atoms. The number of thioether (sulfide) groups is 1. The lowest BCUT2D eigenvalue weighted by Gasteiger charge is -2.31. The van der Waals surface area contributed by atoms with Crippen LogP contribution in [0.2, 0.25) is 0 Å². The molecule has 0 radical (unpaired) electrons. The molecule has 1 aliphatic rings. The van der Waals surface area contributed by atoms with Gasteiger partial charge in [0.15, 0.2) is 0 Å². The van der Waals surface area contributed by atoms with E-state index in [0.717, 1.165) is 19.4 Å². The summed E-state index contributed by atoms with van der Waals surface area (Å²) in [4.78, 5) is 11.8. The fourth-order valence-corrected chi connectivity index (χ4v) is 3.15. The second kappa shape index (κ2) is 9.57. The van der Waals surface area contributed by atoms with E-state index in [1.54, 1.807) is 0 Å². The van der Waals surface area contributed by atoms with E-state index >= 15 is 0 Å². The first-order valence-electron chi connectivity index (χ1n) is 8.12. The first-order valence-corrected chi connectivity index (χ1v) is 9.52. The van der Waals surface area contributed by atoms with E-state index in [2.05, 4.69) is 16.9 Å². The molecule has 4 nitrogen and oxygen atoms in total. The summed E-state index contributed by atoms with van der Waals surface area (Å²) < 4.78 is 5.33. The predicted molar refractivity (Wildman–Crippen MR) is 91.0 cm³/mol. The van der Waals surface area contributed by atoms with E-state index in [1.807, 2.05) is 32.5 Å². The molecule has 124 valence electrons. The lowest BCUT2D eigenvalue weighted by molar-refractivity contribution is 0.0488. The van der Waals surface area contributed by atoms with Gasteiger partial charge in [-0.3, -0.25) is 0 Å². The van der Waals surface area contributed by atoms with E-state index in [9.17, 15) is 4.79 Å². The highest BCUT2D eigenvalue weighted by Gasteiger charge is 2.25. The Bertz CT molecular complexity index is 305. The van der Waals surface area contributed by atoms with Gasteiger partial charge in [-0.2, -0.15) is 11.8 Å². The van der Waals surface area contributed by atoms with Crippen molar-refractivity contribution in [2.24, 2.45) is 0 Å². The van der Waals surface area contributed by atoms with Crippen molar-refractivity contribution in [3.8, 4) is 0 Å². The van der Waals surface area contributed by atoms with Gasteiger partial charge in [-0.05, 0) is 77.8 Å². The minimum atomic E-state index is -0.423. The zero-order valence-electron chi connectivity index (χ0n) is 14.0. The number of carbonyl (C=O) groups excluding carboxylic acids is 1. The fraction of sp³-hybridized carbons (Fsp3) is 0.938. The van der Waals surface area contributed by atoms with Gasteiger partial charge in [-0.15, -0.1) is 0 Å². The largest absolute Gasteiger partial charge is 0.444 e. The third kappa shape index (κ3) is 9.25. The summed E-state index contributed by atoms with van der Waals surface area (Å²) in [6, 6.07) is 0.783. The first kappa shape index (κ1) is 18.6. The molecule has 0 aromatic heterocycles. The maximum atomic E-state index is 11.8. The van der Waals surface area contributed by atoms with Crippen molar-refractivity contribution in [1.82, 2.24) is 10.6 Å². The van der Waals surface area contributed by atoms with Gasteiger partial charge in [0.05, 0.1) is 0 Å². The molecule has 0 heterocycles. The van der Waals surface area contributed by atoms with Crippen molar-refractivity contribution in [3.63, 3.8) is 0 Å². The molecule has 2 unspecified atom stereocenters. The zero-order valence-corrected chi connectivity index (χ0v) is 14.9. The van der Waals surface area contributed by atoms with Gasteiger partial charge in [-0.1, -0.05) is 0 Å². The summed E-state index contributed by atoms with van der Waals surface area (Å²) in [6.45, 7) is 6.77. The van der Waals surface area contributed by atoms with Gasteiger partial charge < -0.3 is 15.4 Å². The van der Waals surface area contributed by atoms with Gasteiger partial charge in [0, 0.05) is 12.1 Å². The van der Waals surface area contributed by atoms with Crippen molar-refractivity contribution >= 4 is 17.9 Å². The Labute approximate surface area is 134 Å². The molecular formula is C16H32N2O2S. The van der Waals surface area contributed by atoms with Crippen LogP contribution in [0.3, 0.4) is 0 Å². The molecular weight excluding hydrogens is 284 g/mol. The zero-order chi connectivity index (χ0) is 15.7. The second-order valence-electron chi connectivity index (χ2n) is 6.86. The van der Waals surface area contributed by atoms with Gasteiger partial charge in [0.1, 0.15) is 5.60 Å². The van der Waals surface area contributed by atoms with E-state index < -0.39 is 5.60 Å². The molecule has 0 aliphatic heterocycles. The third-order valence-corrected chi connectivity index (χ3v) is 4.30. The summed E-state index contributed by atoms with van der Waals surface area (Å²) in [5, 5.41) is 6.64. The third-order valence-electron chi connectivity index (χ3n) is 3.60. The van der Waals surface area contributed by atoms with Crippen molar-refractivity contribution in [2.75, 3.05) is 18.6 Å². The standard InChI is InChI=1S/C16H32N2O2S/c1-16(2,3)20-15(19)18-14-9-7-8-13(12-14)17-10-5-6-11-21-4/h13-14,17H,5-12H2,1-4H3,(H,18,19). The minimum Gasteiger partial charge on any atom is -0.444 e. The number of rotatable bonds is 7. The van der Waals surface area contributed by atoms with Crippen LogP contribution in [0.15, 0.2) is 0 Å². The molecule has 1 amide bonds. The Morgan fingerprint density at radius 1 is 1.24 bits per heavy atom. The number of hydrogen-bond acceptors (Lipinski definition) is 4. The lowest BCUT2D eigenvalue weighted by atomic mass is 9.91. The van der Waals surface area contributed by atoms with Crippen molar-refractivity contribution in [3.05, 3.63) is 0 Å². The Kier molecular flexibility index (Phi) is 8.49. The maximum Gasteiger partial charge on any atom is 0.407 e. The number of hydrogen-bond donors (Lipinski definition) is 2. The Balaban J connectivity index is 2.21. The molecule has 0 aromatic carbocycles. The molecule has 5 heteroatoms. The number of ether oxygens (including phenoxy) is 1. The molecule has 1 aliphatic carbocycles. The summed E-state index contributed by atoms with van der Waals surface area (Å²) in [5.41, 5.74) is -0.423. The summed E-state index contributed by atoms with van der Waals surface area (Å²) in [5.74, 6) is 1.25. The van der Waals surface area contributed by atoms with Crippen LogP contribution < -0.4 is 10.6 Å². The Morgan fingerprint density at radius 3 is 2.62 bits per heavy atom. The van der Waals surface area contributed by atoms with E-state index in [-0.39, 0.29) is 12.1 Å². The minimum absolute atomic E-state index is 0.247. The molecule has 2 atom stereocenters. The normalized spacial score (nSPS) is 22.9. The van der Waals surface area contributed by atoms with Crippen LogP contribution in [-0.4, -0.2) is 42.3 Å².